The van der Waals surface area contributed by atoms with Gasteiger partial charge in [0.05, 0.1) is 5.52 Å². The fourth-order valence-corrected chi connectivity index (χ4v) is 1.57. The lowest BCUT2D eigenvalue weighted by Gasteiger charge is -1.97. The van der Waals surface area contributed by atoms with E-state index in [4.69, 9.17) is 5.26 Å². The second-order valence-corrected chi connectivity index (χ2v) is 3.05. The second kappa shape index (κ2) is 3.39. The molecule has 2 nitrogen and oxygen atoms in total. The highest BCUT2D eigenvalue weighted by molar-refractivity contribution is 5.84. The topological polar surface area (TPSA) is 28.7 Å². The molecule has 2 rings (SSSR count). The zero-order valence-corrected chi connectivity index (χ0v) is 7.94. The zero-order chi connectivity index (χ0) is 9.97. The summed E-state index contributed by atoms with van der Waals surface area (Å²) in [6, 6.07) is 12.1. The van der Waals surface area contributed by atoms with Crippen LogP contribution >= 0.6 is 0 Å². The van der Waals surface area contributed by atoms with Gasteiger partial charge in [-0.1, -0.05) is 24.3 Å². The van der Waals surface area contributed by atoms with Gasteiger partial charge >= 0.3 is 0 Å². The molecule has 0 atom stereocenters. The van der Waals surface area contributed by atoms with Crippen molar-refractivity contribution >= 4 is 17.1 Å². The van der Waals surface area contributed by atoms with Crippen LogP contribution in [0.3, 0.4) is 0 Å². The van der Waals surface area contributed by atoms with Crippen LogP contribution in [-0.4, -0.2) is 4.57 Å². The minimum Gasteiger partial charge on any atom is -0.308 e. The van der Waals surface area contributed by atoms with Crippen LogP contribution in [0.2, 0.25) is 0 Å². The van der Waals surface area contributed by atoms with Crippen LogP contribution in [0.25, 0.3) is 17.1 Å². The first-order valence-electron chi connectivity index (χ1n) is 4.49. The normalized spacial score (nSPS) is 10.9. The number of fused-ring (bicyclic) bond motifs is 1. The molecule has 0 saturated heterocycles. The van der Waals surface area contributed by atoms with E-state index in [1.54, 1.807) is 0 Å². The van der Waals surface area contributed by atoms with E-state index in [1.165, 1.54) is 0 Å². The molecule has 0 aliphatic heterocycles. The minimum absolute atomic E-state index is 0.671. The molecule has 1 heterocycles. The number of para-hydroxylation sites is 1. The number of nitrogens with zero attached hydrogens (tertiary/aromatic N) is 2. The predicted octanol–water partition coefficient (Wildman–Crippen LogP) is 3.00. The Morgan fingerprint density at radius 2 is 2.14 bits per heavy atom. The summed E-state index contributed by atoms with van der Waals surface area (Å²) in [4.78, 5) is 0. The largest absolute Gasteiger partial charge is 0.308 e. The Kier molecular flexibility index (Phi) is 2.08. The first-order valence-corrected chi connectivity index (χ1v) is 4.49. The van der Waals surface area contributed by atoms with E-state index in [1.807, 2.05) is 54.1 Å². The number of allylic oxidation sites excluding steroid dienone is 1. The molecule has 0 radical (unpaired) electrons. The van der Waals surface area contributed by atoms with Crippen molar-refractivity contribution in [3.05, 3.63) is 42.1 Å². The van der Waals surface area contributed by atoms with Gasteiger partial charge in [0, 0.05) is 11.6 Å². The molecule has 1 aromatic heterocycles. The lowest BCUT2D eigenvalue weighted by atomic mass is 10.2. The van der Waals surface area contributed by atoms with Crippen LogP contribution in [0.4, 0.5) is 0 Å². The van der Waals surface area contributed by atoms with Gasteiger partial charge in [0.1, 0.15) is 11.8 Å². The second-order valence-electron chi connectivity index (χ2n) is 3.05. The summed E-state index contributed by atoms with van der Waals surface area (Å²) in [7, 11) is 0. The van der Waals surface area contributed by atoms with E-state index in [2.05, 4.69) is 6.07 Å². The van der Waals surface area contributed by atoms with Crippen LogP contribution in [0, 0.1) is 11.3 Å². The first kappa shape index (κ1) is 8.58. The number of aromatic nitrogens is 1. The molecule has 0 amide bonds. The molecule has 1 aromatic carbocycles. The van der Waals surface area contributed by atoms with E-state index in [9.17, 15) is 0 Å². The molecule has 0 saturated carbocycles. The van der Waals surface area contributed by atoms with Gasteiger partial charge in [-0.25, -0.2) is 0 Å². The van der Waals surface area contributed by atoms with Gasteiger partial charge in [-0.3, -0.25) is 0 Å². The number of hydrogen-bond acceptors (Lipinski definition) is 1. The molecule has 68 valence electrons. The monoisotopic (exact) mass is 182 g/mol. The van der Waals surface area contributed by atoms with Crippen LogP contribution in [0.1, 0.15) is 12.6 Å². The van der Waals surface area contributed by atoms with E-state index < -0.39 is 0 Å². The van der Waals surface area contributed by atoms with Crippen molar-refractivity contribution in [3.63, 3.8) is 0 Å². The Hall–Kier alpha value is -2.01. The Bertz CT molecular complexity index is 527. The molecule has 0 unspecified atom stereocenters. The van der Waals surface area contributed by atoms with Crippen molar-refractivity contribution in [3.8, 4) is 6.07 Å². The van der Waals surface area contributed by atoms with Gasteiger partial charge in [0.2, 0.25) is 0 Å². The lowest BCUT2D eigenvalue weighted by molar-refractivity contribution is 1.18. The zero-order valence-electron chi connectivity index (χ0n) is 7.94. The Morgan fingerprint density at radius 1 is 1.36 bits per heavy atom. The maximum atomic E-state index is 8.94. The third-order valence-electron chi connectivity index (χ3n) is 2.16. The van der Waals surface area contributed by atoms with Crippen molar-refractivity contribution < 1.29 is 0 Å². The minimum atomic E-state index is 0.671. The maximum absolute atomic E-state index is 8.94. The van der Waals surface area contributed by atoms with Crippen LogP contribution < -0.4 is 0 Å². The van der Waals surface area contributed by atoms with Crippen molar-refractivity contribution in [2.24, 2.45) is 0 Å². The highest BCUT2D eigenvalue weighted by atomic mass is 15.0. The van der Waals surface area contributed by atoms with E-state index >= 15 is 0 Å². The molecule has 14 heavy (non-hydrogen) atoms. The number of benzene rings is 1. The average Bonchev–Trinajstić information content (AvgIpc) is 2.58. The fourth-order valence-electron chi connectivity index (χ4n) is 1.57. The summed E-state index contributed by atoms with van der Waals surface area (Å²) in [5, 5.41) is 10.0. The van der Waals surface area contributed by atoms with Crippen molar-refractivity contribution in [1.29, 1.82) is 5.26 Å². The molecule has 0 aliphatic carbocycles. The molecule has 2 aromatic rings. The molecular weight excluding hydrogens is 172 g/mol. The SMILES string of the molecule is C/C=C\n1c(C#N)cc2ccccc21. The van der Waals surface area contributed by atoms with Gasteiger partial charge in [0.25, 0.3) is 0 Å². The Balaban J connectivity index is 2.82. The molecule has 0 N–H and O–H groups in total. The standard InChI is InChI=1S/C12H10N2/c1-2-7-14-11(9-13)8-10-5-3-4-6-12(10)14/h2-8H,1H3/b7-2-. The number of rotatable bonds is 1. The van der Waals surface area contributed by atoms with E-state index in [0.29, 0.717) is 5.69 Å². The smallest absolute Gasteiger partial charge is 0.125 e. The fraction of sp³-hybridized carbons (Fsp3) is 0.0833. The van der Waals surface area contributed by atoms with Gasteiger partial charge in [-0.2, -0.15) is 5.26 Å². The first-order chi connectivity index (χ1) is 6.86. The molecule has 0 aliphatic rings. The summed E-state index contributed by atoms with van der Waals surface area (Å²) in [5.41, 5.74) is 1.74. The van der Waals surface area contributed by atoms with E-state index in [0.717, 1.165) is 10.9 Å². The number of nitriles is 1. The van der Waals surface area contributed by atoms with Crippen molar-refractivity contribution in [2.75, 3.05) is 0 Å². The third kappa shape index (κ3) is 1.20. The average molecular weight is 182 g/mol. The van der Waals surface area contributed by atoms with Gasteiger partial charge in [0.15, 0.2) is 0 Å². The Morgan fingerprint density at radius 3 is 2.86 bits per heavy atom. The van der Waals surface area contributed by atoms with Gasteiger partial charge < -0.3 is 4.57 Å². The highest BCUT2D eigenvalue weighted by Crippen LogP contribution is 2.19. The predicted molar refractivity (Wildman–Crippen MR) is 57.7 cm³/mol. The number of hydrogen-bond donors (Lipinski definition) is 0. The molecule has 0 spiro atoms. The summed E-state index contributed by atoms with van der Waals surface area (Å²) in [5.74, 6) is 0. The Labute approximate surface area is 82.7 Å². The van der Waals surface area contributed by atoms with Gasteiger partial charge in [-0.05, 0) is 19.1 Å². The van der Waals surface area contributed by atoms with Crippen LogP contribution in [0.5, 0.6) is 0 Å². The van der Waals surface area contributed by atoms with E-state index in [-0.39, 0.29) is 0 Å². The highest BCUT2D eigenvalue weighted by Gasteiger charge is 2.04. The van der Waals surface area contributed by atoms with Crippen molar-refractivity contribution in [1.82, 2.24) is 4.57 Å². The lowest BCUT2D eigenvalue weighted by Crippen LogP contribution is -1.88. The van der Waals surface area contributed by atoms with Crippen molar-refractivity contribution in [2.45, 2.75) is 6.92 Å². The molecule has 0 fully saturated rings. The summed E-state index contributed by atoms with van der Waals surface area (Å²) < 4.78 is 1.90. The van der Waals surface area contributed by atoms with Gasteiger partial charge in [-0.15, -0.1) is 0 Å². The molecule has 2 heteroatoms. The quantitative estimate of drug-likeness (QED) is 0.666. The third-order valence-corrected chi connectivity index (χ3v) is 2.16. The summed E-state index contributed by atoms with van der Waals surface area (Å²) in [6.07, 6.45) is 3.83. The molecule has 0 bridgehead atoms. The van der Waals surface area contributed by atoms with Crippen LogP contribution in [0.15, 0.2) is 36.4 Å². The maximum Gasteiger partial charge on any atom is 0.125 e. The molecular formula is C12H10N2. The van der Waals surface area contributed by atoms with Crippen LogP contribution in [-0.2, 0) is 0 Å². The summed E-state index contributed by atoms with van der Waals surface area (Å²) in [6.45, 7) is 1.94. The summed E-state index contributed by atoms with van der Waals surface area (Å²) >= 11 is 0.